The Hall–Kier alpha value is -1.02. The molecule has 3 atom stereocenters. The lowest BCUT2D eigenvalue weighted by Gasteiger charge is -2.29. The van der Waals surface area contributed by atoms with Gasteiger partial charge in [0, 0.05) is 6.42 Å². The van der Waals surface area contributed by atoms with Crippen molar-refractivity contribution in [3.8, 4) is 0 Å². The highest BCUT2D eigenvalue weighted by molar-refractivity contribution is 7.45. The van der Waals surface area contributed by atoms with Crippen molar-refractivity contribution in [2.24, 2.45) is 0 Å². The molecule has 0 aromatic rings. The maximum atomic E-state index is 12.7. The van der Waals surface area contributed by atoms with Crippen LogP contribution in [0.2, 0.25) is 0 Å². The number of likely N-dealkylation sites (N-methyl/N-ethyl adjacent to an activating group) is 1. The number of nitrogens with one attached hydrogen (secondary N) is 1. The number of unbranched alkanes of at least 4 members (excludes halogenated alkanes) is 32. The SMILES string of the molecule is CCCCCCCCCCCCCCCCCCCCCCCCCCC/C=C/CC/C=C/C(O)C(COP(=O)([O-])OCC[N+](C)(C)C)NC(=O)CCCCCCCCC. The van der Waals surface area contributed by atoms with Crippen LogP contribution in [-0.4, -0.2) is 68.5 Å². The topological polar surface area (TPSA) is 108 Å². The minimum atomic E-state index is -4.59. The van der Waals surface area contributed by atoms with Crippen molar-refractivity contribution in [2.45, 2.75) is 257 Å². The Labute approximate surface area is 373 Å². The Morgan fingerprint density at radius 2 is 0.933 bits per heavy atom. The first kappa shape index (κ1) is 59.0. The summed E-state index contributed by atoms with van der Waals surface area (Å²) in [4.78, 5) is 25.1. The first-order chi connectivity index (χ1) is 29.0. The summed E-state index contributed by atoms with van der Waals surface area (Å²) in [5, 5.41) is 13.7. The molecule has 0 fully saturated rings. The summed E-state index contributed by atoms with van der Waals surface area (Å²) in [5.74, 6) is -0.213. The largest absolute Gasteiger partial charge is 0.756 e. The van der Waals surface area contributed by atoms with Crippen LogP contribution in [0.25, 0.3) is 0 Å². The Kier molecular flexibility index (Phi) is 42.5. The molecule has 0 rings (SSSR count). The highest BCUT2D eigenvalue weighted by Crippen LogP contribution is 2.38. The predicted octanol–water partition coefficient (Wildman–Crippen LogP) is 14.2. The molecular weight excluding hydrogens is 768 g/mol. The zero-order valence-corrected chi connectivity index (χ0v) is 41.3. The molecule has 356 valence electrons. The fourth-order valence-electron chi connectivity index (χ4n) is 7.58. The number of phosphoric ester groups is 1. The predicted molar refractivity (Wildman–Crippen MR) is 256 cm³/mol. The number of quaternary nitrogens is 1. The van der Waals surface area contributed by atoms with Gasteiger partial charge in [0.05, 0.1) is 39.9 Å². The summed E-state index contributed by atoms with van der Waals surface area (Å²) < 4.78 is 23.1. The lowest BCUT2D eigenvalue weighted by atomic mass is 10.0. The smallest absolute Gasteiger partial charge is 0.268 e. The monoisotopic (exact) mass is 869 g/mol. The van der Waals surface area contributed by atoms with Gasteiger partial charge in [-0.2, -0.15) is 0 Å². The number of amides is 1. The minimum Gasteiger partial charge on any atom is -0.756 e. The molecule has 1 amide bonds. The summed E-state index contributed by atoms with van der Waals surface area (Å²) >= 11 is 0. The zero-order chi connectivity index (χ0) is 44.3. The number of carbonyl (C=O) groups excluding carboxylic acids is 1. The zero-order valence-electron chi connectivity index (χ0n) is 40.4. The van der Waals surface area contributed by atoms with E-state index >= 15 is 0 Å². The first-order valence-electron chi connectivity index (χ1n) is 25.7. The van der Waals surface area contributed by atoms with E-state index in [1.54, 1.807) is 6.08 Å². The van der Waals surface area contributed by atoms with Crippen LogP contribution in [-0.2, 0) is 18.4 Å². The number of allylic oxidation sites excluding steroid dienone is 3. The third-order valence-corrected chi connectivity index (χ3v) is 12.6. The second kappa shape index (κ2) is 43.2. The quantitative estimate of drug-likeness (QED) is 0.0273. The van der Waals surface area contributed by atoms with Crippen LogP contribution < -0.4 is 10.2 Å². The van der Waals surface area contributed by atoms with E-state index in [0.717, 1.165) is 38.5 Å². The normalized spacial score (nSPS) is 14.3. The van der Waals surface area contributed by atoms with Crippen molar-refractivity contribution >= 4 is 13.7 Å². The van der Waals surface area contributed by atoms with Gasteiger partial charge in [-0.25, -0.2) is 0 Å². The Morgan fingerprint density at radius 1 is 0.567 bits per heavy atom. The molecule has 0 aliphatic heterocycles. The molecule has 0 aliphatic rings. The van der Waals surface area contributed by atoms with Crippen LogP contribution in [0.5, 0.6) is 0 Å². The van der Waals surface area contributed by atoms with Crippen molar-refractivity contribution in [3.05, 3.63) is 24.3 Å². The Morgan fingerprint density at radius 3 is 1.35 bits per heavy atom. The summed E-state index contributed by atoms with van der Waals surface area (Å²) in [6.45, 7) is 4.59. The van der Waals surface area contributed by atoms with Gasteiger partial charge in [0.25, 0.3) is 7.82 Å². The second-order valence-corrected chi connectivity index (χ2v) is 20.3. The number of rotatable bonds is 47. The Bertz CT molecular complexity index is 1030. The van der Waals surface area contributed by atoms with Crippen LogP contribution in [0, 0.1) is 0 Å². The minimum absolute atomic E-state index is 0.00474. The summed E-state index contributed by atoms with van der Waals surface area (Å²) in [5.41, 5.74) is 0. The lowest BCUT2D eigenvalue weighted by Crippen LogP contribution is -2.45. The van der Waals surface area contributed by atoms with E-state index in [1.807, 2.05) is 27.2 Å². The van der Waals surface area contributed by atoms with Crippen LogP contribution in [0.1, 0.15) is 245 Å². The molecule has 0 aromatic carbocycles. The fourth-order valence-corrected chi connectivity index (χ4v) is 8.30. The van der Waals surface area contributed by atoms with Gasteiger partial charge in [-0.15, -0.1) is 0 Å². The van der Waals surface area contributed by atoms with Crippen LogP contribution in [0.15, 0.2) is 24.3 Å². The summed E-state index contributed by atoms with van der Waals surface area (Å²) in [6, 6.07) is -0.897. The van der Waals surface area contributed by atoms with Gasteiger partial charge in [-0.1, -0.05) is 231 Å². The molecule has 9 heteroatoms. The maximum absolute atomic E-state index is 12.7. The molecule has 8 nitrogen and oxygen atoms in total. The van der Waals surface area contributed by atoms with E-state index in [-0.39, 0.29) is 19.1 Å². The van der Waals surface area contributed by atoms with Gasteiger partial charge in [-0.05, 0) is 32.1 Å². The number of hydrogen-bond acceptors (Lipinski definition) is 6. The van der Waals surface area contributed by atoms with Gasteiger partial charge in [0.1, 0.15) is 13.2 Å². The molecule has 0 aromatic heterocycles. The Balaban J connectivity index is 4.00. The highest BCUT2D eigenvalue weighted by atomic mass is 31.2. The van der Waals surface area contributed by atoms with Crippen molar-refractivity contribution in [1.29, 1.82) is 0 Å². The highest BCUT2D eigenvalue weighted by Gasteiger charge is 2.23. The standard InChI is InChI=1S/C51H101N2O6P/c1-6-8-10-12-14-15-16-17-18-19-20-21-22-23-24-25-26-27-28-29-30-31-32-33-34-35-36-37-39-40-42-44-50(54)49(48-59-60(56,57)58-47-46-53(3,4)5)52-51(55)45-43-41-38-13-11-9-7-2/h36-37,42,44,49-50,54H,6-35,38-41,43,45-48H2,1-5H3,(H-,52,55,56,57)/b37-36+,44-42+. The number of nitrogens with zero attached hydrogens (tertiary/aromatic N) is 1. The van der Waals surface area contributed by atoms with Crippen LogP contribution in [0.3, 0.4) is 0 Å². The van der Waals surface area contributed by atoms with Gasteiger partial charge < -0.3 is 28.8 Å². The van der Waals surface area contributed by atoms with Gasteiger partial charge in [0.15, 0.2) is 0 Å². The molecule has 2 N–H and O–H groups in total. The van der Waals surface area contributed by atoms with Crippen molar-refractivity contribution < 1.29 is 32.9 Å². The second-order valence-electron chi connectivity index (χ2n) is 18.9. The van der Waals surface area contributed by atoms with Gasteiger partial charge in [-0.3, -0.25) is 9.36 Å². The van der Waals surface area contributed by atoms with E-state index in [0.29, 0.717) is 17.4 Å². The fraction of sp³-hybridized carbons (Fsp3) is 0.902. The lowest BCUT2D eigenvalue weighted by molar-refractivity contribution is -0.870. The van der Waals surface area contributed by atoms with Crippen molar-refractivity contribution in [2.75, 3.05) is 40.9 Å². The molecular formula is C51H101N2O6P. The van der Waals surface area contributed by atoms with E-state index in [4.69, 9.17) is 9.05 Å². The number of carbonyl (C=O) groups is 1. The number of aliphatic hydroxyl groups excluding tert-OH is 1. The van der Waals surface area contributed by atoms with E-state index in [9.17, 15) is 19.4 Å². The third-order valence-electron chi connectivity index (χ3n) is 11.7. The molecule has 3 unspecified atom stereocenters. The maximum Gasteiger partial charge on any atom is 0.268 e. The molecule has 0 spiro atoms. The number of hydrogen-bond donors (Lipinski definition) is 2. The van der Waals surface area contributed by atoms with Gasteiger partial charge >= 0.3 is 0 Å². The summed E-state index contributed by atoms with van der Waals surface area (Å²) in [7, 11) is 1.25. The number of aliphatic hydroxyl groups is 1. The molecule has 0 bridgehead atoms. The molecule has 0 saturated carbocycles. The average molecular weight is 869 g/mol. The van der Waals surface area contributed by atoms with Gasteiger partial charge in [0.2, 0.25) is 5.91 Å². The molecule has 0 saturated heterocycles. The van der Waals surface area contributed by atoms with Crippen LogP contribution in [0.4, 0.5) is 0 Å². The van der Waals surface area contributed by atoms with E-state index in [2.05, 4.69) is 31.3 Å². The van der Waals surface area contributed by atoms with Crippen LogP contribution >= 0.6 is 7.82 Å². The number of phosphoric acid groups is 1. The summed E-state index contributed by atoms with van der Waals surface area (Å²) in [6.07, 6.45) is 53.0. The molecule has 0 radical (unpaired) electrons. The average Bonchev–Trinajstić information content (AvgIpc) is 3.20. The molecule has 0 aliphatic carbocycles. The first-order valence-corrected chi connectivity index (χ1v) is 27.2. The van der Waals surface area contributed by atoms with E-state index in [1.165, 1.54) is 186 Å². The van der Waals surface area contributed by atoms with Crippen molar-refractivity contribution in [3.63, 3.8) is 0 Å². The van der Waals surface area contributed by atoms with E-state index < -0.39 is 20.0 Å². The molecule has 60 heavy (non-hydrogen) atoms. The van der Waals surface area contributed by atoms with Crippen molar-refractivity contribution in [1.82, 2.24) is 5.32 Å². The third kappa shape index (κ3) is 45.0. The molecule has 0 heterocycles.